The van der Waals surface area contributed by atoms with Crippen LogP contribution >= 0.6 is 0 Å². The second-order valence-corrected chi connectivity index (χ2v) is 17.2. The van der Waals surface area contributed by atoms with Gasteiger partial charge in [-0.1, -0.05) is 190 Å². The predicted octanol–water partition coefficient (Wildman–Crippen LogP) is 15.5. The van der Waals surface area contributed by atoms with Crippen molar-refractivity contribution in [1.29, 1.82) is 0 Å². The second-order valence-electron chi connectivity index (χ2n) is 17.2. The first kappa shape index (κ1) is 30.5. The minimum Gasteiger partial charge on any atom is -0.458 e. The van der Waals surface area contributed by atoms with Crippen molar-refractivity contribution >= 4 is 32.8 Å². The molecule has 0 atom stereocenters. The molecule has 69 heavy (non-hydrogen) atoms. The minimum atomic E-state index is -1.80. The van der Waals surface area contributed by atoms with Gasteiger partial charge in [0, 0.05) is 25.8 Å². The maximum absolute atomic E-state index is 9.53. The zero-order valence-electron chi connectivity index (χ0n) is 49.5. The molecular weight excluding hydrogens is 841 g/mol. The van der Waals surface area contributed by atoms with Crippen LogP contribution in [0.4, 0.5) is 0 Å². The van der Waals surface area contributed by atoms with Crippen LogP contribution in [0, 0.1) is 6.33 Å². The third-order valence-electron chi connectivity index (χ3n) is 12.4. The first-order chi connectivity index (χ1) is 38.9. The summed E-state index contributed by atoms with van der Waals surface area (Å²) in [4.78, 5) is 4.83. The van der Waals surface area contributed by atoms with Gasteiger partial charge < -0.3 is 4.74 Å². The van der Waals surface area contributed by atoms with E-state index >= 15 is 0 Å². The molecule has 3 heterocycles. The summed E-state index contributed by atoms with van der Waals surface area (Å²) in [6.07, 6.45) is 3.36. The molecule has 0 saturated carbocycles. The number of pyridine rings is 1. The predicted molar refractivity (Wildman–Crippen MR) is 282 cm³/mol. The summed E-state index contributed by atoms with van der Waals surface area (Å²) in [6, 6.07) is 49.2. The smallest absolute Gasteiger partial charge is 0.269 e. The number of ether oxygens (including phenoxy) is 1. The van der Waals surface area contributed by atoms with Crippen molar-refractivity contribution in [2.45, 2.75) is 25.6 Å². The highest BCUT2D eigenvalue weighted by Gasteiger charge is 2.23. The van der Waals surface area contributed by atoms with Crippen molar-refractivity contribution in [3.63, 3.8) is 0 Å². The first-order valence-corrected chi connectivity index (χ1v) is 22.5. The molecule has 12 rings (SSSR count). The van der Waals surface area contributed by atoms with Crippen LogP contribution in [0.1, 0.15) is 41.4 Å². The van der Waals surface area contributed by atoms with Crippen molar-refractivity contribution in [3.05, 3.63) is 260 Å². The lowest BCUT2D eigenvalue weighted by Crippen LogP contribution is -2.31. The van der Waals surface area contributed by atoms with E-state index in [4.69, 9.17) is 17.9 Å². The number of nitrogens with zero attached hydrogens (tertiary/aromatic N) is 4. The van der Waals surface area contributed by atoms with Crippen LogP contribution in [-0.2, 0) is 11.8 Å². The van der Waals surface area contributed by atoms with Gasteiger partial charge in [0.1, 0.15) is 17.3 Å². The Morgan fingerprint density at radius 3 is 1.99 bits per heavy atom. The molecule has 0 unspecified atom stereocenters. The molecule has 330 valence electrons. The number of imidazole rings is 1. The van der Waals surface area contributed by atoms with Crippen molar-refractivity contribution in [2.75, 3.05) is 0 Å². The van der Waals surface area contributed by atoms with E-state index in [1.54, 1.807) is 39.6 Å². The molecule has 3 aromatic heterocycles. The standard InChI is InChI=1S/C64H48N4O/c1-64(2,50-25-13-6-14-26-50)43-45-37-38-65-62(39-45)68-58-32-16-15-29-56(58)57-35-34-53(42-60(57)68)69-52-28-17-27-51(41-52)66-44-67(61-40-49(33-36-59(61)66)46-19-7-3-8-20-46)63-54(47-21-9-4-10-22-47)30-18-31-55(63)48-23-11-5-12-24-48/h3-42H,43H2,1-2H3/i4D,5D,9D,10D,11D,12D,21D,22D,23D,24D,43D2. The van der Waals surface area contributed by atoms with E-state index in [1.165, 1.54) is 0 Å². The number of hydrogen-bond donors (Lipinski definition) is 0. The highest BCUT2D eigenvalue weighted by Crippen LogP contribution is 2.38. The fourth-order valence-corrected chi connectivity index (χ4v) is 9.22. The van der Waals surface area contributed by atoms with Gasteiger partial charge in [-0.05, 0) is 111 Å². The zero-order valence-corrected chi connectivity index (χ0v) is 37.5. The molecule has 0 amide bonds. The van der Waals surface area contributed by atoms with Gasteiger partial charge in [0.2, 0.25) is 0 Å². The van der Waals surface area contributed by atoms with E-state index in [2.05, 4.69) is 6.33 Å². The molecule has 0 aliphatic rings. The number of para-hydroxylation sites is 2. The van der Waals surface area contributed by atoms with E-state index in [9.17, 15) is 8.22 Å². The first-order valence-electron chi connectivity index (χ1n) is 28.5. The second kappa shape index (κ2) is 17.4. The van der Waals surface area contributed by atoms with Crippen molar-refractivity contribution in [1.82, 2.24) is 14.1 Å². The van der Waals surface area contributed by atoms with Crippen LogP contribution < -0.4 is 9.30 Å². The Morgan fingerprint density at radius 2 is 1.23 bits per heavy atom. The maximum atomic E-state index is 9.53. The molecule has 0 spiro atoms. The van der Waals surface area contributed by atoms with Gasteiger partial charge in [0.25, 0.3) is 6.33 Å². The number of hydrogen-bond acceptors (Lipinski definition) is 2. The molecular formula is C64H48N4O. The highest BCUT2D eigenvalue weighted by atomic mass is 16.5. The molecule has 0 aliphatic heterocycles. The van der Waals surface area contributed by atoms with Gasteiger partial charge in [-0.3, -0.25) is 13.7 Å². The Bertz CT molecular complexity index is 4370. The van der Waals surface area contributed by atoms with Crippen LogP contribution in [0.15, 0.2) is 243 Å². The summed E-state index contributed by atoms with van der Waals surface area (Å²) in [5.74, 6) is 1.49. The molecule has 0 N–H and O–H groups in total. The number of rotatable bonds is 11. The lowest BCUT2D eigenvalue weighted by molar-refractivity contribution is -0.571. The lowest BCUT2D eigenvalue weighted by atomic mass is 9.79. The SMILES string of the molecule is [2H]c1c([2H])c([2H])c(-c2cccc(-c3c([2H])c([2H])c([2H])c([2H])c3[2H])c2-[n+]2[c-]n(-c3cccc(Oc4ccc5c6ccccc6n(-c6cc(C([2H])([2H])C(C)(C)c7ccccc7)ccn6)c5c4)c3)c3ccc(-c4ccccc4)cc32)c([2H])c1[2H]. The molecule has 0 saturated heterocycles. The molecule has 0 fully saturated rings. The Morgan fingerprint density at radius 1 is 0.565 bits per heavy atom. The summed E-state index contributed by atoms with van der Waals surface area (Å²) >= 11 is 0. The minimum absolute atomic E-state index is 0.128. The van der Waals surface area contributed by atoms with E-state index in [-0.39, 0.29) is 27.9 Å². The normalized spacial score (nSPS) is 14.3. The van der Waals surface area contributed by atoms with Crippen LogP contribution in [-0.4, -0.2) is 14.1 Å². The molecule has 5 nitrogen and oxygen atoms in total. The van der Waals surface area contributed by atoms with E-state index < -0.39 is 72.2 Å². The molecule has 0 radical (unpaired) electrons. The fourth-order valence-electron chi connectivity index (χ4n) is 9.22. The van der Waals surface area contributed by atoms with E-state index in [1.807, 2.05) is 170 Å². The molecule has 12 aromatic rings. The topological polar surface area (TPSA) is 35.9 Å². The quantitative estimate of drug-likeness (QED) is 0.0958. The van der Waals surface area contributed by atoms with Gasteiger partial charge in [-0.25, -0.2) is 4.98 Å². The molecule has 0 bridgehead atoms. The third kappa shape index (κ3) is 7.84. The fraction of sp³-hybridized carbons (Fsp3) is 0.0625. The Labute approximate surface area is 419 Å². The van der Waals surface area contributed by atoms with Gasteiger partial charge in [-0.2, -0.15) is 0 Å². The Balaban J connectivity index is 1.03. The summed E-state index contributed by atoms with van der Waals surface area (Å²) in [5.41, 5.74) is 5.58. The average molecular weight is 901 g/mol. The van der Waals surface area contributed by atoms with Gasteiger partial charge >= 0.3 is 0 Å². The third-order valence-corrected chi connectivity index (χ3v) is 12.4. The summed E-state index contributed by atoms with van der Waals surface area (Å²) in [7, 11) is 0. The Hall–Kier alpha value is -8.80. The van der Waals surface area contributed by atoms with Crippen molar-refractivity contribution in [3.8, 4) is 62.1 Å². The molecule has 0 aliphatic carbocycles. The summed E-state index contributed by atoms with van der Waals surface area (Å²) in [6.45, 7) is 3.82. The molecule has 9 aromatic carbocycles. The highest BCUT2D eigenvalue weighted by molar-refractivity contribution is 6.09. The lowest BCUT2D eigenvalue weighted by Gasteiger charge is -2.25. The largest absolute Gasteiger partial charge is 0.458 e. The number of aromatic nitrogens is 4. The average Bonchev–Trinajstić information content (AvgIpc) is 4.19. The van der Waals surface area contributed by atoms with Crippen LogP contribution in [0.5, 0.6) is 11.5 Å². The van der Waals surface area contributed by atoms with Gasteiger partial charge in [0.05, 0.1) is 47.1 Å². The monoisotopic (exact) mass is 900 g/mol. The van der Waals surface area contributed by atoms with Crippen LogP contribution in [0.2, 0.25) is 0 Å². The van der Waals surface area contributed by atoms with Gasteiger partial charge in [-0.15, -0.1) is 0 Å². The van der Waals surface area contributed by atoms with Crippen LogP contribution in [0.25, 0.3) is 83.4 Å². The molecule has 5 heteroatoms. The van der Waals surface area contributed by atoms with Crippen molar-refractivity contribution < 1.29 is 25.8 Å². The maximum Gasteiger partial charge on any atom is 0.269 e. The number of fused-ring (bicyclic) bond motifs is 4. The zero-order chi connectivity index (χ0) is 56.8. The van der Waals surface area contributed by atoms with Gasteiger partial charge in [0.15, 0.2) is 0 Å². The summed E-state index contributed by atoms with van der Waals surface area (Å²) < 4.78 is 120. The van der Waals surface area contributed by atoms with Crippen LogP contribution in [0.3, 0.4) is 0 Å². The van der Waals surface area contributed by atoms with E-state index in [0.29, 0.717) is 39.6 Å². The number of benzene rings is 9. The van der Waals surface area contributed by atoms with Crippen molar-refractivity contribution in [2.24, 2.45) is 0 Å². The summed E-state index contributed by atoms with van der Waals surface area (Å²) in [5, 5.41) is 1.91. The van der Waals surface area contributed by atoms with E-state index in [0.717, 1.165) is 38.5 Å². The Kier molecular flexibility index (Phi) is 7.71.